The van der Waals surface area contributed by atoms with Crippen LogP contribution >= 0.6 is 0 Å². The Kier molecular flexibility index (Phi) is 4.56. The summed E-state index contributed by atoms with van der Waals surface area (Å²) in [6, 6.07) is 14.3. The van der Waals surface area contributed by atoms with Crippen molar-refractivity contribution in [1.82, 2.24) is 10.2 Å². The molecule has 0 amide bonds. The number of nitrogens with one attached hydrogen (secondary N) is 1. The molecule has 0 atom stereocenters. The Hall–Kier alpha value is -3.99. The van der Waals surface area contributed by atoms with Gasteiger partial charge in [-0.05, 0) is 48.5 Å². The van der Waals surface area contributed by atoms with E-state index >= 15 is 0 Å². The summed E-state index contributed by atoms with van der Waals surface area (Å²) in [5.41, 5.74) is 0.702. The lowest BCUT2D eigenvalue weighted by Gasteiger charge is -2.08. The second-order valence-corrected chi connectivity index (χ2v) is 7.51. The first-order valence-electron chi connectivity index (χ1n) is 8.17. The molecule has 0 fully saturated rings. The van der Waals surface area contributed by atoms with Crippen LogP contribution < -0.4 is 4.72 Å². The molecule has 0 saturated carbocycles. The number of hydrogen-bond acceptors (Lipinski definition) is 8. The van der Waals surface area contributed by atoms with Gasteiger partial charge in [0.1, 0.15) is 0 Å². The van der Waals surface area contributed by atoms with E-state index in [1.54, 1.807) is 24.3 Å². The molecule has 4 rings (SSSR count). The molecule has 2 heterocycles. The molecular formula is C18H12N4O6S. The second-order valence-electron chi connectivity index (χ2n) is 5.82. The van der Waals surface area contributed by atoms with Crippen LogP contribution in [0.3, 0.4) is 0 Å². The smallest absolute Gasteiger partial charge is 0.283 e. The number of furan rings is 1. The Morgan fingerprint density at radius 2 is 1.62 bits per heavy atom. The Morgan fingerprint density at radius 1 is 0.931 bits per heavy atom. The van der Waals surface area contributed by atoms with E-state index < -0.39 is 14.9 Å². The standard InChI is InChI=1S/C18H12N4O6S/c23-22(24)14-7-9-15(10-8-14)29(25,26)21-13-5-3-12(4-6-13)17-19-20-18(28-17)16-2-1-11-27-16/h1-11,21H. The maximum absolute atomic E-state index is 12.4. The molecule has 2 aromatic heterocycles. The quantitative estimate of drug-likeness (QED) is 0.373. The number of hydrogen-bond donors (Lipinski definition) is 1. The van der Waals surface area contributed by atoms with E-state index in [1.165, 1.54) is 30.5 Å². The predicted molar refractivity (Wildman–Crippen MR) is 101 cm³/mol. The number of benzene rings is 2. The highest BCUT2D eigenvalue weighted by atomic mass is 32.2. The van der Waals surface area contributed by atoms with Crippen molar-refractivity contribution in [2.45, 2.75) is 4.90 Å². The lowest BCUT2D eigenvalue weighted by molar-refractivity contribution is -0.384. The average molecular weight is 412 g/mol. The molecule has 11 heteroatoms. The molecular weight excluding hydrogens is 400 g/mol. The molecule has 0 radical (unpaired) electrons. The van der Waals surface area contributed by atoms with Crippen molar-refractivity contribution in [3.63, 3.8) is 0 Å². The van der Waals surface area contributed by atoms with Crippen LogP contribution in [0.25, 0.3) is 23.1 Å². The Balaban J connectivity index is 1.51. The van der Waals surface area contributed by atoms with Crippen LogP contribution in [0.5, 0.6) is 0 Å². The van der Waals surface area contributed by atoms with Crippen molar-refractivity contribution < 1.29 is 22.2 Å². The Bertz CT molecular complexity index is 1250. The fourth-order valence-electron chi connectivity index (χ4n) is 2.48. The summed E-state index contributed by atoms with van der Waals surface area (Å²) in [5, 5.41) is 18.5. The van der Waals surface area contributed by atoms with Crippen LogP contribution in [0.2, 0.25) is 0 Å². The summed E-state index contributed by atoms with van der Waals surface area (Å²) >= 11 is 0. The summed E-state index contributed by atoms with van der Waals surface area (Å²) in [4.78, 5) is 10.00. The van der Waals surface area contributed by atoms with Gasteiger partial charge in [0.05, 0.1) is 16.1 Å². The van der Waals surface area contributed by atoms with Crippen LogP contribution in [-0.2, 0) is 10.0 Å². The molecule has 0 aliphatic rings. The van der Waals surface area contributed by atoms with E-state index in [4.69, 9.17) is 8.83 Å². The Labute approximate surface area is 164 Å². The van der Waals surface area contributed by atoms with Crippen LogP contribution in [0, 0.1) is 10.1 Å². The molecule has 0 bridgehead atoms. The van der Waals surface area contributed by atoms with Crippen LogP contribution in [0.4, 0.5) is 11.4 Å². The van der Waals surface area contributed by atoms with Gasteiger partial charge in [-0.15, -0.1) is 10.2 Å². The van der Waals surface area contributed by atoms with Crippen molar-refractivity contribution in [1.29, 1.82) is 0 Å². The van der Waals surface area contributed by atoms with Gasteiger partial charge in [-0.3, -0.25) is 14.8 Å². The van der Waals surface area contributed by atoms with E-state index in [1.807, 2.05) is 0 Å². The number of rotatable bonds is 6. The highest BCUT2D eigenvalue weighted by Crippen LogP contribution is 2.26. The minimum Gasteiger partial charge on any atom is -0.459 e. The van der Waals surface area contributed by atoms with E-state index in [2.05, 4.69) is 14.9 Å². The topological polar surface area (TPSA) is 141 Å². The van der Waals surface area contributed by atoms with Crippen molar-refractivity contribution in [2.75, 3.05) is 4.72 Å². The highest BCUT2D eigenvalue weighted by Gasteiger charge is 2.17. The molecule has 29 heavy (non-hydrogen) atoms. The first kappa shape index (κ1) is 18.4. The van der Waals surface area contributed by atoms with Gasteiger partial charge >= 0.3 is 0 Å². The summed E-state index contributed by atoms with van der Waals surface area (Å²) < 4.78 is 38.0. The molecule has 0 aliphatic carbocycles. The summed E-state index contributed by atoms with van der Waals surface area (Å²) in [6.45, 7) is 0. The first-order chi connectivity index (χ1) is 13.9. The molecule has 4 aromatic rings. The zero-order valence-corrected chi connectivity index (χ0v) is 15.4. The number of nitrogens with zero attached hydrogens (tertiary/aromatic N) is 3. The largest absolute Gasteiger partial charge is 0.459 e. The van der Waals surface area contributed by atoms with Gasteiger partial charge in [-0.1, -0.05) is 0 Å². The third-order valence-corrected chi connectivity index (χ3v) is 5.30. The molecule has 0 saturated heterocycles. The number of nitro groups is 1. The van der Waals surface area contributed by atoms with Crippen molar-refractivity contribution in [3.05, 3.63) is 77.0 Å². The summed E-state index contributed by atoms with van der Waals surface area (Å²) in [7, 11) is -3.90. The number of nitro benzene ring substituents is 1. The lowest BCUT2D eigenvalue weighted by atomic mass is 10.2. The molecule has 1 N–H and O–H groups in total. The summed E-state index contributed by atoms with van der Waals surface area (Å²) in [6.07, 6.45) is 1.49. The lowest BCUT2D eigenvalue weighted by Crippen LogP contribution is -2.12. The Morgan fingerprint density at radius 3 is 2.24 bits per heavy atom. The van der Waals surface area contributed by atoms with Gasteiger partial charge in [0.15, 0.2) is 5.76 Å². The first-order valence-corrected chi connectivity index (χ1v) is 9.66. The van der Waals surface area contributed by atoms with Gasteiger partial charge in [0.25, 0.3) is 21.6 Å². The zero-order chi connectivity index (χ0) is 20.4. The number of anilines is 1. The normalized spacial score (nSPS) is 11.3. The van der Waals surface area contributed by atoms with E-state index in [0.29, 0.717) is 17.0 Å². The van der Waals surface area contributed by atoms with Crippen LogP contribution in [-0.4, -0.2) is 23.5 Å². The van der Waals surface area contributed by atoms with Gasteiger partial charge in [0.2, 0.25) is 5.89 Å². The van der Waals surface area contributed by atoms with Gasteiger partial charge in [-0.2, -0.15) is 0 Å². The molecule has 0 unspecified atom stereocenters. The molecule has 2 aromatic carbocycles. The average Bonchev–Trinajstić information content (AvgIpc) is 3.40. The maximum atomic E-state index is 12.4. The fourth-order valence-corrected chi connectivity index (χ4v) is 3.54. The minimum atomic E-state index is -3.90. The molecule has 0 spiro atoms. The van der Waals surface area contributed by atoms with E-state index in [0.717, 1.165) is 12.1 Å². The molecule has 146 valence electrons. The van der Waals surface area contributed by atoms with E-state index in [9.17, 15) is 18.5 Å². The van der Waals surface area contributed by atoms with Gasteiger partial charge < -0.3 is 8.83 Å². The third kappa shape index (κ3) is 3.84. The van der Waals surface area contributed by atoms with Crippen molar-refractivity contribution in [3.8, 4) is 23.1 Å². The predicted octanol–water partition coefficient (Wildman–Crippen LogP) is 3.71. The van der Waals surface area contributed by atoms with Gasteiger partial charge in [0, 0.05) is 23.4 Å². The number of sulfonamides is 1. The number of non-ortho nitro benzene ring substituents is 1. The van der Waals surface area contributed by atoms with Crippen molar-refractivity contribution in [2.24, 2.45) is 0 Å². The highest BCUT2D eigenvalue weighted by molar-refractivity contribution is 7.92. The molecule has 10 nitrogen and oxygen atoms in total. The minimum absolute atomic E-state index is 0.0906. The van der Waals surface area contributed by atoms with Gasteiger partial charge in [-0.25, -0.2) is 8.42 Å². The summed E-state index contributed by atoms with van der Waals surface area (Å²) in [5.74, 6) is 0.922. The van der Waals surface area contributed by atoms with E-state index in [-0.39, 0.29) is 22.4 Å². The zero-order valence-electron chi connectivity index (χ0n) is 14.6. The SMILES string of the molecule is O=[N+]([O-])c1ccc(S(=O)(=O)Nc2ccc(-c3nnc(-c4ccco4)o3)cc2)cc1. The second kappa shape index (κ2) is 7.20. The third-order valence-electron chi connectivity index (χ3n) is 3.90. The van der Waals surface area contributed by atoms with Crippen LogP contribution in [0.15, 0.2) is 80.7 Å². The maximum Gasteiger partial charge on any atom is 0.283 e. The monoisotopic (exact) mass is 412 g/mol. The van der Waals surface area contributed by atoms with Crippen molar-refractivity contribution >= 4 is 21.4 Å². The van der Waals surface area contributed by atoms with Crippen LogP contribution in [0.1, 0.15) is 0 Å². The fraction of sp³-hybridized carbons (Fsp3) is 0. The number of aromatic nitrogens is 2. The molecule has 0 aliphatic heterocycles.